The molecule has 2 aromatic rings. The summed E-state index contributed by atoms with van der Waals surface area (Å²) in [5, 5.41) is 3.11. The van der Waals surface area contributed by atoms with Crippen molar-refractivity contribution in [2.24, 2.45) is 0 Å². The van der Waals surface area contributed by atoms with Gasteiger partial charge in [-0.25, -0.2) is 8.42 Å². The maximum Gasteiger partial charge on any atom is 0.243 e. The summed E-state index contributed by atoms with van der Waals surface area (Å²) in [6.07, 6.45) is 1.07. The van der Waals surface area contributed by atoms with Gasteiger partial charge in [0.1, 0.15) is 18.4 Å². The average molecular weight is 425 g/mol. The number of nitrogens with one attached hydrogen (secondary N) is 1. The Morgan fingerprint density at radius 2 is 1.82 bits per heavy atom. The topological polar surface area (TPSA) is 75.7 Å². The van der Waals surface area contributed by atoms with E-state index in [1.165, 1.54) is 6.92 Å². The molecule has 0 heterocycles. The minimum Gasteiger partial charge on any atom is -0.492 e. The highest BCUT2D eigenvalue weighted by Crippen LogP contribution is 2.28. The number of ether oxygens (including phenoxy) is 1. The van der Waals surface area contributed by atoms with Crippen molar-refractivity contribution in [3.05, 3.63) is 58.6 Å². The predicted octanol–water partition coefficient (Wildman–Crippen LogP) is 3.31. The van der Waals surface area contributed by atoms with Crippen molar-refractivity contribution in [1.82, 2.24) is 5.32 Å². The molecule has 2 aromatic carbocycles. The van der Waals surface area contributed by atoms with E-state index >= 15 is 0 Å². The second-order valence-electron chi connectivity index (χ2n) is 6.62. The molecule has 0 saturated carbocycles. The number of benzene rings is 2. The number of carbonyl (C=O) groups excluding carboxylic acids is 1. The maximum atomic E-state index is 12.6. The van der Waals surface area contributed by atoms with Crippen LogP contribution in [0.25, 0.3) is 0 Å². The Balaban J connectivity index is 2.03. The Kier molecular flexibility index (Phi) is 7.32. The molecule has 0 aromatic heterocycles. The van der Waals surface area contributed by atoms with Crippen molar-refractivity contribution in [3.8, 4) is 5.75 Å². The van der Waals surface area contributed by atoms with Gasteiger partial charge in [0.05, 0.1) is 18.5 Å². The minimum absolute atomic E-state index is 0.253. The van der Waals surface area contributed by atoms with Crippen LogP contribution >= 0.6 is 11.6 Å². The van der Waals surface area contributed by atoms with Crippen LogP contribution in [-0.4, -0.2) is 39.8 Å². The molecule has 1 atom stereocenters. The highest BCUT2D eigenvalue weighted by atomic mass is 35.5. The number of nitrogens with zero attached hydrogens (tertiary/aromatic N) is 1. The first-order chi connectivity index (χ1) is 13.1. The van der Waals surface area contributed by atoms with E-state index in [1.54, 1.807) is 25.1 Å². The molecule has 28 heavy (non-hydrogen) atoms. The summed E-state index contributed by atoms with van der Waals surface area (Å²) in [5.74, 6) is 0.289. The lowest BCUT2D eigenvalue weighted by Crippen LogP contribution is -2.48. The number of rotatable bonds is 8. The first kappa shape index (κ1) is 22.0. The van der Waals surface area contributed by atoms with Gasteiger partial charge in [-0.3, -0.25) is 9.10 Å². The molecule has 0 bridgehead atoms. The molecule has 0 aliphatic rings. The van der Waals surface area contributed by atoms with Crippen LogP contribution in [0.5, 0.6) is 5.75 Å². The molecule has 0 radical (unpaired) electrons. The van der Waals surface area contributed by atoms with Gasteiger partial charge in [0.25, 0.3) is 0 Å². The number of hydrogen-bond acceptors (Lipinski definition) is 4. The van der Waals surface area contributed by atoms with Gasteiger partial charge in [-0.15, -0.1) is 0 Å². The smallest absolute Gasteiger partial charge is 0.243 e. The summed E-state index contributed by atoms with van der Waals surface area (Å²) >= 11 is 6.03. The molecule has 2 rings (SSSR count). The first-order valence-corrected chi connectivity index (χ1v) is 11.0. The zero-order valence-corrected chi connectivity index (χ0v) is 18.0. The highest BCUT2D eigenvalue weighted by molar-refractivity contribution is 7.92. The number of halogens is 1. The number of anilines is 1. The lowest BCUT2D eigenvalue weighted by Gasteiger charge is -2.29. The van der Waals surface area contributed by atoms with Gasteiger partial charge in [-0.05, 0) is 50.6 Å². The SMILES string of the molecule is Cc1ccc(OCCNC(=O)[C@H](C)N(c2cc(Cl)ccc2C)S(C)(=O)=O)cc1. The minimum atomic E-state index is -3.70. The fourth-order valence-corrected chi connectivity index (χ4v) is 4.12. The summed E-state index contributed by atoms with van der Waals surface area (Å²) in [6.45, 7) is 5.82. The fraction of sp³-hybridized carbons (Fsp3) is 0.350. The van der Waals surface area contributed by atoms with Crippen molar-refractivity contribution >= 4 is 33.2 Å². The Morgan fingerprint density at radius 3 is 2.43 bits per heavy atom. The lowest BCUT2D eigenvalue weighted by atomic mass is 10.2. The molecular formula is C20H25ClN2O4S. The van der Waals surface area contributed by atoms with Crippen molar-refractivity contribution in [1.29, 1.82) is 0 Å². The van der Waals surface area contributed by atoms with Gasteiger partial charge in [0, 0.05) is 5.02 Å². The Morgan fingerprint density at radius 1 is 1.18 bits per heavy atom. The highest BCUT2D eigenvalue weighted by Gasteiger charge is 2.30. The Bertz CT molecular complexity index is 930. The third-order valence-electron chi connectivity index (χ3n) is 4.19. The van der Waals surface area contributed by atoms with E-state index in [0.29, 0.717) is 22.0 Å². The third-order valence-corrected chi connectivity index (χ3v) is 5.65. The summed E-state index contributed by atoms with van der Waals surface area (Å²) in [6, 6.07) is 11.6. The van der Waals surface area contributed by atoms with E-state index in [9.17, 15) is 13.2 Å². The Hall–Kier alpha value is -2.25. The van der Waals surface area contributed by atoms with Crippen molar-refractivity contribution in [2.45, 2.75) is 26.8 Å². The predicted molar refractivity (Wildman–Crippen MR) is 113 cm³/mol. The standard InChI is InChI=1S/C20H25ClN2O4S/c1-14-5-9-18(10-6-14)27-12-11-22-20(24)16(3)23(28(4,25)26)19-13-17(21)8-7-15(19)2/h5-10,13,16H,11-12H2,1-4H3,(H,22,24)/t16-/m0/s1. The van der Waals surface area contributed by atoms with Gasteiger partial charge in [0.2, 0.25) is 15.9 Å². The maximum absolute atomic E-state index is 12.6. The molecule has 0 aliphatic carbocycles. The summed E-state index contributed by atoms with van der Waals surface area (Å²) in [4.78, 5) is 12.6. The largest absolute Gasteiger partial charge is 0.492 e. The van der Waals surface area contributed by atoms with Crippen LogP contribution in [0.1, 0.15) is 18.1 Å². The van der Waals surface area contributed by atoms with Crippen molar-refractivity contribution in [3.63, 3.8) is 0 Å². The molecule has 0 fully saturated rings. The second-order valence-corrected chi connectivity index (χ2v) is 8.91. The van der Waals surface area contributed by atoms with Gasteiger partial charge in [-0.2, -0.15) is 0 Å². The molecule has 0 saturated heterocycles. The number of carbonyl (C=O) groups is 1. The Labute approximate surface area is 171 Å². The average Bonchev–Trinajstić information content (AvgIpc) is 2.62. The quantitative estimate of drug-likeness (QED) is 0.659. The molecule has 0 spiro atoms. The van der Waals surface area contributed by atoms with E-state index in [2.05, 4.69) is 5.32 Å². The summed E-state index contributed by atoms with van der Waals surface area (Å²) < 4.78 is 31.4. The number of sulfonamides is 1. The van der Waals surface area contributed by atoms with Crippen LogP contribution in [-0.2, 0) is 14.8 Å². The van der Waals surface area contributed by atoms with Crippen LogP contribution in [0.15, 0.2) is 42.5 Å². The molecule has 0 aliphatic heterocycles. The third kappa shape index (κ3) is 5.87. The number of hydrogen-bond donors (Lipinski definition) is 1. The van der Waals surface area contributed by atoms with Gasteiger partial charge >= 0.3 is 0 Å². The molecule has 8 heteroatoms. The van der Waals surface area contributed by atoms with Crippen molar-refractivity contribution < 1.29 is 17.9 Å². The van der Waals surface area contributed by atoms with Gasteiger partial charge < -0.3 is 10.1 Å². The summed E-state index contributed by atoms with van der Waals surface area (Å²) in [7, 11) is -3.70. The van der Waals surface area contributed by atoms with Crippen LogP contribution in [0.4, 0.5) is 5.69 Å². The van der Waals surface area contributed by atoms with E-state index in [0.717, 1.165) is 16.1 Å². The van der Waals surface area contributed by atoms with E-state index in [4.69, 9.17) is 16.3 Å². The van der Waals surface area contributed by atoms with Crippen LogP contribution in [0, 0.1) is 13.8 Å². The molecular weight excluding hydrogens is 400 g/mol. The molecule has 152 valence electrons. The second kappa shape index (κ2) is 9.30. The number of aryl methyl sites for hydroxylation is 2. The molecule has 6 nitrogen and oxygen atoms in total. The van der Waals surface area contributed by atoms with Gasteiger partial charge in [-0.1, -0.05) is 35.4 Å². The molecule has 0 unspecified atom stereocenters. The first-order valence-electron chi connectivity index (χ1n) is 8.82. The van der Waals surface area contributed by atoms with Crippen LogP contribution in [0.2, 0.25) is 5.02 Å². The zero-order chi connectivity index (χ0) is 20.9. The van der Waals surface area contributed by atoms with Crippen LogP contribution < -0.4 is 14.4 Å². The molecule has 1 amide bonds. The monoisotopic (exact) mass is 424 g/mol. The number of amides is 1. The lowest BCUT2D eigenvalue weighted by molar-refractivity contribution is -0.121. The summed E-state index contributed by atoms with van der Waals surface area (Å²) in [5.41, 5.74) is 2.22. The van der Waals surface area contributed by atoms with Crippen molar-refractivity contribution in [2.75, 3.05) is 23.7 Å². The van der Waals surface area contributed by atoms with E-state index in [1.807, 2.05) is 31.2 Å². The van der Waals surface area contributed by atoms with Crippen LogP contribution in [0.3, 0.4) is 0 Å². The zero-order valence-electron chi connectivity index (χ0n) is 16.4. The fourth-order valence-electron chi connectivity index (χ4n) is 2.73. The van der Waals surface area contributed by atoms with Gasteiger partial charge in [0.15, 0.2) is 0 Å². The molecule has 1 N–H and O–H groups in total. The normalized spacial score (nSPS) is 12.3. The van der Waals surface area contributed by atoms with E-state index in [-0.39, 0.29) is 13.2 Å². The van der Waals surface area contributed by atoms with E-state index < -0.39 is 22.0 Å².